The number of benzene rings is 6. The van der Waals surface area contributed by atoms with E-state index in [0.717, 1.165) is 37.0 Å². The van der Waals surface area contributed by atoms with Gasteiger partial charge in [0.2, 0.25) is 11.4 Å². The van der Waals surface area contributed by atoms with Gasteiger partial charge >= 0.3 is 0 Å². The number of fused-ring (bicyclic) bond motifs is 4. The molecule has 59 heavy (non-hydrogen) atoms. The number of allylic oxidation sites excluding steroid dienone is 2. The molecular weight excluding hydrogens is 848 g/mol. The molecule has 0 radical (unpaired) electrons. The van der Waals surface area contributed by atoms with Crippen molar-refractivity contribution in [3.63, 3.8) is 0 Å². The molecule has 0 amide bonds. The van der Waals surface area contributed by atoms with Crippen LogP contribution in [0.3, 0.4) is 0 Å². The zero-order valence-corrected chi connectivity index (χ0v) is 35.6. The average molecular weight is 885 g/mol. The quantitative estimate of drug-likeness (QED) is 0.0635. The van der Waals surface area contributed by atoms with Crippen molar-refractivity contribution in [1.82, 2.24) is 0 Å². The molecule has 0 spiro atoms. The minimum atomic E-state index is -4.81. The van der Waals surface area contributed by atoms with E-state index < -0.39 is 30.7 Å². The van der Waals surface area contributed by atoms with Gasteiger partial charge in [-0.15, -0.1) is 0 Å². The Bertz CT molecular complexity index is 3020. The number of rotatable bonds is 13. The highest BCUT2D eigenvalue weighted by atomic mass is 35.5. The van der Waals surface area contributed by atoms with Gasteiger partial charge in [0, 0.05) is 41.2 Å². The molecule has 302 valence electrons. The minimum Gasteiger partial charge on any atom is -0.747 e. The lowest BCUT2D eigenvalue weighted by molar-refractivity contribution is -0.669. The molecule has 2 unspecified atom stereocenters. The third-order valence-corrected chi connectivity index (χ3v) is 14.6. The van der Waals surface area contributed by atoms with Gasteiger partial charge in [0.25, 0.3) is 5.01 Å². The normalized spacial score (nSPS) is 15.2. The lowest BCUT2D eigenvalue weighted by Gasteiger charge is -2.25. The van der Waals surface area contributed by atoms with Crippen molar-refractivity contribution in [1.29, 1.82) is 0 Å². The molecule has 1 aliphatic heterocycles. The van der Waals surface area contributed by atoms with E-state index in [-0.39, 0.29) is 25.9 Å². The van der Waals surface area contributed by atoms with Crippen molar-refractivity contribution in [3.05, 3.63) is 165 Å². The molecule has 8 rings (SSSR count). The number of thiazole rings is 1. The molecule has 0 N–H and O–H groups in total. The van der Waals surface area contributed by atoms with Crippen molar-refractivity contribution in [2.24, 2.45) is 0 Å². The molecule has 14 heteroatoms. The molecule has 0 bridgehead atoms. The van der Waals surface area contributed by atoms with Crippen molar-refractivity contribution in [2.75, 3.05) is 11.4 Å². The Morgan fingerprint density at radius 2 is 1.46 bits per heavy atom. The van der Waals surface area contributed by atoms with Crippen LogP contribution in [0.4, 0.5) is 5.69 Å². The van der Waals surface area contributed by atoms with E-state index >= 15 is 0 Å². The summed E-state index contributed by atoms with van der Waals surface area (Å²) in [7, 11) is -9.51. The number of hydrogen-bond acceptors (Lipinski definition) is 9. The predicted octanol–water partition coefficient (Wildman–Crippen LogP) is 10.7. The van der Waals surface area contributed by atoms with E-state index in [2.05, 4.69) is 0 Å². The van der Waals surface area contributed by atoms with Crippen LogP contribution < -0.4 is 14.2 Å². The first-order valence-electron chi connectivity index (χ1n) is 18.9. The maximum Gasteiger partial charge on any atom is 0.263 e. The van der Waals surface area contributed by atoms with Crippen molar-refractivity contribution in [2.45, 2.75) is 43.2 Å². The van der Waals surface area contributed by atoms with Gasteiger partial charge in [-0.25, -0.2) is 16.8 Å². The first-order chi connectivity index (χ1) is 28.3. The van der Waals surface area contributed by atoms with Crippen LogP contribution in [0.2, 0.25) is 10.0 Å². The van der Waals surface area contributed by atoms with Gasteiger partial charge in [0.15, 0.2) is 12.3 Å². The molecule has 0 saturated heterocycles. The minimum absolute atomic E-state index is 0.00232. The van der Waals surface area contributed by atoms with Crippen LogP contribution in [-0.2, 0) is 26.8 Å². The van der Waals surface area contributed by atoms with Gasteiger partial charge in [-0.2, -0.15) is 4.57 Å². The van der Waals surface area contributed by atoms with E-state index in [0.29, 0.717) is 50.3 Å². The Hall–Kier alpha value is -4.79. The highest BCUT2D eigenvalue weighted by molar-refractivity contribution is 7.86. The van der Waals surface area contributed by atoms with Gasteiger partial charge in [-0.05, 0) is 93.6 Å². The molecule has 6 aromatic carbocycles. The fourth-order valence-corrected chi connectivity index (χ4v) is 11.0. The summed E-state index contributed by atoms with van der Waals surface area (Å²) in [6.07, 6.45) is 4.40. The molecule has 0 saturated carbocycles. The Balaban J connectivity index is 1.16. The number of hydrogen-bond donors (Lipinski definition) is 0. The summed E-state index contributed by atoms with van der Waals surface area (Å²) < 4.78 is 86.1. The van der Waals surface area contributed by atoms with Gasteiger partial charge in [0.05, 0.1) is 16.2 Å². The van der Waals surface area contributed by atoms with E-state index in [4.69, 9.17) is 27.9 Å². The second-order valence-corrected chi connectivity index (χ2v) is 19.4. The second kappa shape index (κ2) is 16.7. The largest absolute Gasteiger partial charge is 0.747 e. The van der Waals surface area contributed by atoms with Crippen LogP contribution in [0.15, 0.2) is 139 Å². The lowest BCUT2D eigenvalue weighted by Crippen LogP contribution is -2.36. The number of halogens is 2. The zero-order valence-electron chi connectivity index (χ0n) is 31.6. The molecular formula is C45H37Cl2N2O7S3-. The van der Waals surface area contributed by atoms with Crippen LogP contribution in [0, 0.1) is 0 Å². The van der Waals surface area contributed by atoms with Crippen LogP contribution in [-0.4, -0.2) is 32.5 Å². The smallest absolute Gasteiger partial charge is 0.263 e. The number of aromatic nitrogens is 1. The summed E-state index contributed by atoms with van der Waals surface area (Å²) in [5, 5.41) is 2.65. The van der Waals surface area contributed by atoms with Crippen LogP contribution in [0.25, 0.3) is 37.8 Å². The summed E-state index contributed by atoms with van der Waals surface area (Å²) in [5.74, 6) is 0.942. The molecule has 7 aromatic rings. The second-order valence-electron chi connectivity index (χ2n) is 14.3. The molecule has 0 fully saturated rings. The third-order valence-electron chi connectivity index (χ3n) is 10.6. The predicted molar refractivity (Wildman–Crippen MR) is 235 cm³/mol. The summed E-state index contributed by atoms with van der Waals surface area (Å²) in [6.45, 7) is 2.31. The highest BCUT2D eigenvalue weighted by Gasteiger charge is 2.30. The van der Waals surface area contributed by atoms with Gasteiger partial charge < -0.3 is 18.7 Å². The average Bonchev–Trinajstić information content (AvgIpc) is 3.71. The van der Waals surface area contributed by atoms with Crippen molar-refractivity contribution >= 4 is 98.3 Å². The molecule has 2 atom stereocenters. The Kier molecular flexibility index (Phi) is 11.6. The van der Waals surface area contributed by atoms with Crippen molar-refractivity contribution in [3.8, 4) is 5.75 Å². The lowest BCUT2D eigenvalue weighted by atomic mass is 9.97. The summed E-state index contributed by atoms with van der Waals surface area (Å²) >= 11 is 14.4. The van der Waals surface area contributed by atoms with Crippen LogP contribution in [0.5, 0.6) is 5.75 Å². The number of anilines is 1. The van der Waals surface area contributed by atoms with Gasteiger partial charge in [-0.3, -0.25) is 0 Å². The molecule has 0 aliphatic carbocycles. The first kappa shape index (κ1) is 41.0. The van der Waals surface area contributed by atoms with E-state index in [1.165, 1.54) is 11.3 Å². The van der Waals surface area contributed by atoms with Gasteiger partial charge in [-0.1, -0.05) is 114 Å². The Labute approximate surface area is 356 Å². The van der Waals surface area contributed by atoms with Gasteiger partial charge in [0.1, 0.15) is 24.9 Å². The maximum absolute atomic E-state index is 13.1. The molecule has 1 aromatic heterocycles. The standard InChI is InChI=1S/C45H38Cl2N2O7S3/c1-2-29(23-44-48(38-27-34(46)15-17-40(38)56-44)21-19-42(58(50,51)52)30-9-4-3-5-10-30)24-45-49(39-28-35(47)16-18-41(39)57-45)22-20-43(59(53,54)55)36-14-8-13-33-25-31-11-6-7-12-32(31)26-37(33)36/h3-18,23-28,42-43H,2,19-22H2,1H3,(H-,50,51,52,53,54,55)/p-1. The van der Waals surface area contributed by atoms with E-state index in [1.54, 1.807) is 66.7 Å². The van der Waals surface area contributed by atoms with Crippen molar-refractivity contribution < 1.29 is 35.2 Å². The fourth-order valence-electron chi connectivity index (χ4n) is 7.75. The van der Waals surface area contributed by atoms with E-state index in [1.807, 2.05) is 83.1 Å². The topological polar surface area (TPSA) is 131 Å². The fraction of sp³-hybridized carbons (Fsp3) is 0.178. The summed E-state index contributed by atoms with van der Waals surface area (Å²) in [4.78, 5) is 1.82. The molecule has 1 aliphatic rings. The Morgan fingerprint density at radius 1 is 0.780 bits per heavy atom. The molecule has 9 nitrogen and oxygen atoms in total. The summed E-state index contributed by atoms with van der Waals surface area (Å²) in [6, 6.07) is 36.3. The Morgan fingerprint density at radius 3 is 2.19 bits per heavy atom. The first-order valence-corrected chi connectivity index (χ1v) is 23.4. The van der Waals surface area contributed by atoms with Crippen LogP contribution >= 0.6 is 34.5 Å². The van der Waals surface area contributed by atoms with E-state index in [9.17, 15) is 25.9 Å². The number of ether oxygens (including phenoxy) is 1. The maximum atomic E-state index is 13.1. The number of nitrogens with zero attached hydrogens (tertiary/aromatic N) is 2. The zero-order chi connectivity index (χ0) is 41.5. The highest BCUT2D eigenvalue weighted by Crippen LogP contribution is 2.42. The molecule has 2 heterocycles. The number of aryl methyl sites for hydroxylation is 1. The third kappa shape index (κ3) is 8.76. The SMILES string of the molecule is CCC(=Cc1sc2ccc(Cl)cc2[n+]1CCC(c1cccc2cc3ccccc3cc12)S(=O)(=O)[O-])C=C1Oc2ccc(Cl)cc2N1CCC(c1ccccc1)S(=O)(=O)[O-]. The summed E-state index contributed by atoms with van der Waals surface area (Å²) in [5.41, 5.74) is 3.11. The monoisotopic (exact) mass is 883 g/mol. The van der Waals surface area contributed by atoms with Crippen LogP contribution in [0.1, 0.15) is 52.8 Å².